The van der Waals surface area contributed by atoms with Crippen LogP contribution >= 0.6 is 23.4 Å². The number of carbonyl (C=O) groups is 1. The van der Waals surface area contributed by atoms with E-state index in [1.165, 1.54) is 5.56 Å². The summed E-state index contributed by atoms with van der Waals surface area (Å²) < 4.78 is 5.53. The van der Waals surface area contributed by atoms with E-state index >= 15 is 0 Å². The fourth-order valence-corrected chi connectivity index (χ4v) is 3.14. The highest BCUT2D eigenvalue weighted by atomic mass is 35.5. The highest BCUT2D eigenvalue weighted by molar-refractivity contribution is 7.98. The van der Waals surface area contributed by atoms with E-state index in [1.54, 1.807) is 11.8 Å². The van der Waals surface area contributed by atoms with E-state index in [9.17, 15) is 4.79 Å². The monoisotopic (exact) mass is 363 g/mol. The maximum atomic E-state index is 11.8. The van der Waals surface area contributed by atoms with E-state index in [1.807, 2.05) is 44.2 Å². The molecule has 0 saturated carbocycles. The van der Waals surface area contributed by atoms with Gasteiger partial charge in [0.25, 0.3) is 5.91 Å². The Bertz CT molecular complexity index is 653. The van der Waals surface area contributed by atoms with Crippen LogP contribution in [-0.4, -0.2) is 24.8 Å². The minimum absolute atomic E-state index is 0.0177. The minimum Gasteiger partial charge on any atom is -0.484 e. The Kier molecular flexibility index (Phi) is 7.47. The number of hydrogen-bond acceptors (Lipinski definition) is 3. The smallest absolute Gasteiger partial charge is 0.257 e. The SMILES string of the molecule is Cc1cc(OCC(=O)NCCSCc2ccccc2)cc(C)c1Cl. The number of ether oxygens (including phenoxy) is 1. The van der Waals surface area contributed by atoms with Crippen molar-refractivity contribution in [2.24, 2.45) is 0 Å². The van der Waals surface area contributed by atoms with Gasteiger partial charge in [0.2, 0.25) is 0 Å². The molecule has 5 heteroatoms. The van der Waals surface area contributed by atoms with Gasteiger partial charge in [-0.3, -0.25) is 4.79 Å². The van der Waals surface area contributed by atoms with Gasteiger partial charge in [-0.1, -0.05) is 41.9 Å². The lowest BCUT2D eigenvalue weighted by Gasteiger charge is -2.10. The third kappa shape index (κ3) is 6.10. The summed E-state index contributed by atoms with van der Waals surface area (Å²) in [6.07, 6.45) is 0. The molecule has 24 heavy (non-hydrogen) atoms. The predicted octanol–water partition coefficient (Wildman–Crippen LogP) is 4.39. The Balaban J connectivity index is 1.63. The molecular weight excluding hydrogens is 342 g/mol. The first-order valence-electron chi connectivity index (χ1n) is 7.84. The molecule has 0 aliphatic rings. The number of hydrogen-bond donors (Lipinski definition) is 1. The average Bonchev–Trinajstić information content (AvgIpc) is 2.58. The number of rotatable bonds is 8. The second-order valence-corrected chi connectivity index (χ2v) is 7.03. The Hall–Kier alpha value is -1.65. The zero-order chi connectivity index (χ0) is 17.4. The first kappa shape index (κ1) is 18.7. The van der Waals surface area contributed by atoms with Crippen LogP contribution in [0.5, 0.6) is 5.75 Å². The molecule has 0 aromatic heterocycles. The molecule has 128 valence electrons. The molecule has 1 amide bonds. The van der Waals surface area contributed by atoms with Crippen LogP contribution in [0, 0.1) is 13.8 Å². The first-order valence-corrected chi connectivity index (χ1v) is 9.37. The van der Waals surface area contributed by atoms with Crippen molar-refractivity contribution >= 4 is 29.3 Å². The number of carbonyl (C=O) groups excluding carboxylic acids is 1. The van der Waals surface area contributed by atoms with Crippen LogP contribution in [0.4, 0.5) is 0 Å². The summed E-state index contributed by atoms with van der Waals surface area (Å²) in [5.41, 5.74) is 3.19. The van der Waals surface area contributed by atoms with Crippen molar-refractivity contribution in [2.45, 2.75) is 19.6 Å². The number of amides is 1. The molecule has 2 aromatic carbocycles. The molecule has 2 rings (SSSR count). The first-order chi connectivity index (χ1) is 11.6. The summed E-state index contributed by atoms with van der Waals surface area (Å²) in [6.45, 7) is 4.50. The van der Waals surface area contributed by atoms with E-state index in [0.29, 0.717) is 12.3 Å². The van der Waals surface area contributed by atoms with Gasteiger partial charge in [-0.15, -0.1) is 0 Å². The van der Waals surface area contributed by atoms with Crippen LogP contribution in [0.1, 0.15) is 16.7 Å². The van der Waals surface area contributed by atoms with Crippen LogP contribution in [0.3, 0.4) is 0 Å². The van der Waals surface area contributed by atoms with Gasteiger partial charge in [0.15, 0.2) is 6.61 Å². The summed E-state index contributed by atoms with van der Waals surface area (Å²) in [6, 6.07) is 14.0. The maximum Gasteiger partial charge on any atom is 0.257 e. The molecule has 0 spiro atoms. The van der Waals surface area contributed by atoms with E-state index in [4.69, 9.17) is 16.3 Å². The van der Waals surface area contributed by atoms with Crippen molar-refractivity contribution in [1.82, 2.24) is 5.32 Å². The molecule has 0 heterocycles. The molecule has 0 aliphatic heterocycles. The number of benzene rings is 2. The second-order valence-electron chi connectivity index (χ2n) is 5.55. The van der Waals surface area contributed by atoms with Crippen LogP contribution in [0.15, 0.2) is 42.5 Å². The highest BCUT2D eigenvalue weighted by Gasteiger charge is 2.06. The molecule has 1 N–H and O–H groups in total. The number of nitrogens with one attached hydrogen (secondary N) is 1. The van der Waals surface area contributed by atoms with Gasteiger partial charge in [0.05, 0.1) is 0 Å². The lowest BCUT2D eigenvalue weighted by molar-refractivity contribution is -0.122. The molecule has 2 aromatic rings. The average molecular weight is 364 g/mol. The molecule has 0 bridgehead atoms. The highest BCUT2D eigenvalue weighted by Crippen LogP contribution is 2.25. The van der Waals surface area contributed by atoms with E-state index in [2.05, 4.69) is 17.4 Å². The lowest BCUT2D eigenvalue weighted by Crippen LogP contribution is -2.30. The second kappa shape index (κ2) is 9.60. The molecule has 0 radical (unpaired) electrons. The van der Waals surface area contributed by atoms with Gasteiger partial charge in [-0.2, -0.15) is 11.8 Å². The van der Waals surface area contributed by atoms with Gasteiger partial charge in [0, 0.05) is 23.1 Å². The minimum atomic E-state index is -0.111. The van der Waals surface area contributed by atoms with Crippen LogP contribution in [-0.2, 0) is 10.5 Å². The Morgan fingerprint density at radius 2 is 1.83 bits per heavy atom. The number of aryl methyl sites for hydroxylation is 2. The van der Waals surface area contributed by atoms with Gasteiger partial charge >= 0.3 is 0 Å². The zero-order valence-corrected chi connectivity index (χ0v) is 15.5. The fourth-order valence-electron chi connectivity index (χ4n) is 2.22. The summed E-state index contributed by atoms with van der Waals surface area (Å²) in [5.74, 6) is 2.39. The number of thioether (sulfide) groups is 1. The lowest BCUT2D eigenvalue weighted by atomic mass is 10.1. The normalized spacial score (nSPS) is 10.5. The Morgan fingerprint density at radius 3 is 2.50 bits per heavy atom. The van der Waals surface area contributed by atoms with E-state index in [-0.39, 0.29) is 12.5 Å². The summed E-state index contributed by atoms with van der Waals surface area (Å²) in [4.78, 5) is 11.8. The molecule has 0 saturated heterocycles. The molecule has 0 aliphatic carbocycles. The van der Waals surface area contributed by atoms with Gasteiger partial charge in [-0.25, -0.2) is 0 Å². The zero-order valence-electron chi connectivity index (χ0n) is 14.0. The van der Waals surface area contributed by atoms with Gasteiger partial charge < -0.3 is 10.1 Å². The molecule has 0 fully saturated rings. The molecule has 3 nitrogen and oxygen atoms in total. The standard InChI is InChI=1S/C19H22ClNO2S/c1-14-10-17(11-15(2)19(14)20)23-12-18(22)21-8-9-24-13-16-6-4-3-5-7-16/h3-7,10-11H,8-9,12-13H2,1-2H3,(H,21,22). The van der Waals surface area contributed by atoms with Crippen LogP contribution < -0.4 is 10.1 Å². The van der Waals surface area contributed by atoms with Crippen molar-refractivity contribution in [3.05, 3.63) is 64.2 Å². The Labute approximate surface area is 152 Å². The summed E-state index contributed by atoms with van der Waals surface area (Å²) in [5, 5.41) is 3.61. The third-order valence-electron chi connectivity index (χ3n) is 3.46. The van der Waals surface area contributed by atoms with Crippen LogP contribution in [0.25, 0.3) is 0 Å². The van der Waals surface area contributed by atoms with Crippen LogP contribution in [0.2, 0.25) is 5.02 Å². The Morgan fingerprint density at radius 1 is 1.17 bits per heavy atom. The topological polar surface area (TPSA) is 38.3 Å². The fraction of sp³-hybridized carbons (Fsp3) is 0.316. The third-order valence-corrected chi connectivity index (χ3v) is 5.09. The molecular formula is C19H22ClNO2S. The summed E-state index contributed by atoms with van der Waals surface area (Å²) >= 11 is 7.92. The van der Waals surface area contributed by atoms with Crippen molar-refractivity contribution in [3.63, 3.8) is 0 Å². The molecule has 0 atom stereocenters. The van der Waals surface area contributed by atoms with E-state index < -0.39 is 0 Å². The van der Waals surface area contributed by atoms with Gasteiger partial charge in [0.1, 0.15) is 5.75 Å². The number of halogens is 1. The van der Waals surface area contributed by atoms with Crippen molar-refractivity contribution in [2.75, 3.05) is 18.9 Å². The van der Waals surface area contributed by atoms with E-state index in [0.717, 1.165) is 27.7 Å². The quantitative estimate of drug-likeness (QED) is 0.707. The van der Waals surface area contributed by atoms with Gasteiger partial charge in [-0.05, 0) is 42.7 Å². The predicted molar refractivity (Wildman–Crippen MR) is 102 cm³/mol. The molecule has 0 unspecified atom stereocenters. The summed E-state index contributed by atoms with van der Waals surface area (Å²) in [7, 11) is 0. The maximum absolute atomic E-state index is 11.8. The largest absolute Gasteiger partial charge is 0.484 e. The van der Waals surface area contributed by atoms with Crippen molar-refractivity contribution < 1.29 is 9.53 Å². The van der Waals surface area contributed by atoms with Crippen molar-refractivity contribution in [3.8, 4) is 5.75 Å². The van der Waals surface area contributed by atoms with Crippen molar-refractivity contribution in [1.29, 1.82) is 0 Å².